The molecule has 0 spiro atoms. The molecule has 2 aliphatic heterocycles. The summed E-state index contributed by atoms with van der Waals surface area (Å²) >= 11 is 0. The lowest BCUT2D eigenvalue weighted by atomic mass is 9.86. The van der Waals surface area contributed by atoms with Crippen LogP contribution in [0.5, 0.6) is 0 Å². The van der Waals surface area contributed by atoms with Gasteiger partial charge in [0, 0.05) is 18.1 Å². The molecule has 2 heterocycles. The number of hydrogen-bond donors (Lipinski definition) is 1. The summed E-state index contributed by atoms with van der Waals surface area (Å²) in [5.41, 5.74) is 0.382. The van der Waals surface area contributed by atoms with Gasteiger partial charge >= 0.3 is 0 Å². The van der Waals surface area contributed by atoms with Crippen LogP contribution in [0.3, 0.4) is 0 Å². The summed E-state index contributed by atoms with van der Waals surface area (Å²) in [4.78, 5) is 2.69. The number of piperidine rings is 1. The van der Waals surface area contributed by atoms with E-state index in [4.69, 9.17) is 0 Å². The predicted octanol–water partition coefficient (Wildman–Crippen LogP) is 2.64. The molecule has 0 aromatic heterocycles. The average Bonchev–Trinajstić information content (AvgIpc) is 2.63. The lowest BCUT2D eigenvalue weighted by Crippen LogP contribution is -2.50. The summed E-state index contributed by atoms with van der Waals surface area (Å²) < 4.78 is 0. The molecular formula is C14H28N2. The maximum atomic E-state index is 3.84. The number of hydrogen-bond acceptors (Lipinski definition) is 2. The Morgan fingerprint density at radius 1 is 1.19 bits per heavy atom. The first-order valence-electron chi connectivity index (χ1n) is 6.97. The van der Waals surface area contributed by atoms with E-state index in [1.54, 1.807) is 0 Å². The van der Waals surface area contributed by atoms with Crippen molar-refractivity contribution < 1.29 is 0 Å². The van der Waals surface area contributed by atoms with Crippen molar-refractivity contribution in [3.63, 3.8) is 0 Å². The molecule has 3 unspecified atom stereocenters. The van der Waals surface area contributed by atoms with Crippen molar-refractivity contribution in [2.24, 2.45) is 5.41 Å². The Balaban J connectivity index is 1.83. The number of nitrogens with zero attached hydrogens (tertiary/aromatic N) is 1. The van der Waals surface area contributed by atoms with Crippen LogP contribution in [-0.4, -0.2) is 36.1 Å². The van der Waals surface area contributed by atoms with E-state index in [1.165, 1.54) is 38.8 Å². The van der Waals surface area contributed by atoms with Crippen LogP contribution in [0.25, 0.3) is 0 Å². The van der Waals surface area contributed by atoms with E-state index in [9.17, 15) is 0 Å². The van der Waals surface area contributed by atoms with E-state index in [1.807, 2.05) is 0 Å². The van der Waals surface area contributed by atoms with E-state index in [-0.39, 0.29) is 0 Å². The SMILES string of the molecule is CC(NC1CCN2CCCC2C1)C(C)(C)C. The molecule has 16 heavy (non-hydrogen) atoms. The van der Waals surface area contributed by atoms with Crippen molar-refractivity contribution in [1.82, 2.24) is 10.2 Å². The van der Waals surface area contributed by atoms with Gasteiger partial charge in [0.05, 0.1) is 0 Å². The average molecular weight is 224 g/mol. The zero-order chi connectivity index (χ0) is 11.8. The Morgan fingerprint density at radius 3 is 2.62 bits per heavy atom. The van der Waals surface area contributed by atoms with Crippen LogP contribution in [0.2, 0.25) is 0 Å². The minimum Gasteiger partial charge on any atom is -0.311 e. The van der Waals surface area contributed by atoms with Crippen LogP contribution < -0.4 is 5.32 Å². The lowest BCUT2D eigenvalue weighted by molar-refractivity contribution is 0.146. The van der Waals surface area contributed by atoms with Gasteiger partial charge < -0.3 is 10.2 Å². The molecule has 2 saturated heterocycles. The molecule has 0 radical (unpaired) electrons. The smallest absolute Gasteiger partial charge is 0.0111 e. The van der Waals surface area contributed by atoms with Gasteiger partial charge in [-0.2, -0.15) is 0 Å². The van der Waals surface area contributed by atoms with Crippen LogP contribution in [0, 0.1) is 5.41 Å². The zero-order valence-corrected chi connectivity index (χ0v) is 11.4. The molecule has 1 N–H and O–H groups in total. The van der Waals surface area contributed by atoms with Gasteiger partial charge in [-0.15, -0.1) is 0 Å². The van der Waals surface area contributed by atoms with Gasteiger partial charge in [0.25, 0.3) is 0 Å². The monoisotopic (exact) mass is 224 g/mol. The number of rotatable bonds is 2. The van der Waals surface area contributed by atoms with E-state index < -0.39 is 0 Å². The minimum absolute atomic E-state index is 0.382. The molecule has 2 aliphatic rings. The molecule has 2 nitrogen and oxygen atoms in total. The highest BCUT2D eigenvalue weighted by atomic mass is 15.2. The fourth-order valence-corrected chi connectivity index (χ4v) is 2.98. The van der Waals surface area contributed by atoms with Crippen molar-refractivity contribution in [3.8, 4) is 0 Å². The Hall–Kier alpha value is -0.0800. The predicted molar refractivity (Wildman–Crippen MR) is 69.7 cm³/mol. The van der Waals surface area contributed by atoms with Gasteiger partial charge in [-0.05, 0) is 51.1 Å². The summed E-state index contributed by atoms with van der Waals surface area (Å²) in [6.07, 6.45) is 5.58. The molecule has 0 amide bonds. The second kappa shape index (κ2) is 4.66. The van der Waals surface area contributed by atoms with Crippen LogP contribution in [-0.2, 0) is 0 Å². The number of fused-ring (bicyclic) bond motifs is 1. The third kappa shape index (κ3) is 2.78. The second-order valence-corrected chi connectivity index (χ2v) is 6.81. The van der Waals surface area contributed by atoms with Crippen LogP contribution >= 0.6 is 0 Å². The molecule has 0 bridgehead atoms. The van der Waals surface area contributed by atoms with Crippen molar-refractivity contribution in [3.05, 3.63) is 0 Å². The van der Waals surface area contributed by atoms with Crippen LogP contribution in [0.15, 0.2) is 0 Å². The van der Waals surface area contributed by atoms with E-state index in [0.717, 1.165) is 12.1 Å². The first-order chi connectivity index (χ1) is 7.47. The highest BCUT2D eigenvalue weighted by Crippen LogP contribution is 2.28. The fourth-order valence-electron chi connectivity index (χ4n) is 2.98. The minimum atomic E-state index is 0.382. The maximum absolute atomic E-state index is 3.84. The molecule has 2 rings (SSSR count). The van der Waals surface area contributed by atoms with Crippen LogP contribution in [0.4, 0.5) is 0 Å². The first-order valence-corrected chi connectivity index (χ1v) is 6.97. The fraction of sp³-hybridized carbons (Fsp3) is 1.00. The highest BCUT2D eigenvalue weighted by Gasteiger charge is 2.33. The standard InChI is InChI=1S/C14H28N2/c1-11(14(2,3)4)15-12-7-9-16-8-5-6-13(16)10-12/h11-13,15H,5-10H2,1-4H3. The quantitative estimate of drug-likeness (QED) is 0.776. The molecule has 0 aromatic carbocycles. The van der Waals surface area contributed by atoms with Crippen molar-refractivity contribution >= 4 is 0 Å². The molecule has 0 saturated carbocycles. The number of nitrogens with one attached hydrogen (secondary N) is 1. The molecule has 3 atom stereocenters. The lowest BCUT2D eigenvalue weighted by Gasteiger charge is -2.39. The molecule has 2 fully saturated rings. The third-order valence-corrected chi connectivity index (χ3v) is 4.61. The largest absolute Gasteiger partial charge is 0.311 e. The van der Waals surface area contributed by atoms with Gasteiger partial charge in [0.2, 0.25) is 0 Å². The zero-order valence-electron chi connectivity index (χ0n) is 11.4. The third-order valence-electron chi connectivity index (χ3n) is 4.61. The van der Waals surface area contributed by atoms with Crippen molar-refractivity contribution in [1.29, 1.82) is 0 Å². The van der Waals surface area contributed by atoms with Crippen molar-refractivity contribution in [2.45, 2.75) is 71.5 Å². The molecule has 2 heteroatoms. The second-order valence-electron chi connectivity index (χ2n) is 6.81. The van der Waals surface area contributed by atoms with Gasteiger partial charge in [0.15, 0.2) is 0 Å². The summed E-state index contributed by atoms with van der Waals surface area (Å²) in [7, 11) is 0. The summed E-state index contributed by atoms with van der Waals surface area (Å²) in [5, 5.41) is 3.84. The van der Waals surface area contributed by atoms with Gasteiger partial charge in [-0.1, -0.05) is 20.8 Å². The normalized spacial score (nSPS) is 33.8. The summed E-state index contributed by atoms with van der Waals surface area (Å²) in [6, 6.07) is 2.26. The Morgan fingerprint density at radius 2 is 1.94 bits per heavy atom. The van der Waals surface area contributed by atoms with Gasteiger partial charge in [0.1, 0.15) is 0 Å². The van der Waals surface area contributed by atoms with E-state index >= 15 is 0 Å². The Kier molecular flexibility index (Phi) is 3.60. The van der Waals surface area contributed by atoms with Gasteiger partial charge in [-0.25, -0.2) is 0 Å². The molecule has 0 aromatic rings. The maximum Gasteiger partial charge on any atom is 0.0111 e. The Bertz CT molecular complexity index is 231. The molecule has 94 valence electrons. The van der Waals surface area contributed by atoms with Crippen molar-refractivity contribution in [2.75, 3.05) is 13.1 Å². The van der Waals surface area contributed by atoms with Crippen LogP contribution in [0.1, 0.15) is 53.4 Å². The van der Waals surface area contributed by atoms with E-state index in [0.29, 0.717) is 11.5 Å². The summed E-state index contributed by atoms with van der Waals surface area (Å²) in [5.74, 6) is 0. The van der Waals surface area contributed by atoms with E-state index in [2.05, 4.69) is 37.9 Å². The Labute approximate surface area is 101 Å². The molecule has 0 aliphatic carbocycles. The topological polar surface area (TPSA) is 15.3 Å². The first kappa shape index (κ1) is 12.4. The van der Waals surface area contributed by atoms with Gasteiger partial charge in [-0.3, -0.25) is 0 Å². The summed E-state index contributed by atoms with van der Waals surface area (Å²) in [6.45, 7) is 12.0. The highest BCUT2D eigenvalue weighted by molar-refractivity contribution is 4.91. The molecular weight excluding hydrogens is 196 g/mol.